The van der Waals surface area contributed by atoms with Crippen LogP contribution in [0.4, 0.5) is 0 Å². The molecule has 0 aliphatic carbocycles. The summed E-state index contributed by atoms with van der Waals surface area (Å²) < 4.78 is 31.7. The molecule has 2 aromatic heterocycles. The van der Waals surface area contributed by atoms with E-state index in [1.807, 2.05) is 24.3 Å². The molecule has 6 heterocycles. The Bertz CT molecular complexity index is 3200. The minimum Gasteiger partial charge on any atom is -0.341 e. The number of benzene rings is 6. The highest BCUT2D eigenvalue weighted by Gasteiger charge is 2.52. The fourth-order valence-corrected chi connectivity index (χ4v) is 14.5. The molecule has 0 saturated carbocycles. The lowest BCUT2D eigenvalue weighted by atomic mass is 9.69. The van der Waals surface area contributed by atoms with Gasteiger partial charge in [0.2, 0.25) is 13.1 Å². The van der Waals surface area contributed by atoms with Gasteiger partial charge in [-0.25, -0.2) is 8.42 Å². The van der Waals surface area contributed by atoms with Crippen molar-refractivity contribution >= 4 is 53.4 Å². The first-order valence-corrected chi connectivity index (χ1v) is 25.1. The SMILES string of the molecule is CCn1c2ccccc2c2cc(CN3CCC4(CC3)C[N+](=O)Cc3ccccc34)ccc21.CCn1c2ccccc2c2cc(CN3CCC4(CC3)c3ccccc3CS4(=O)=O)ccc21. The van der Waals surface area contributed by atoms with Crippen LogP contribution in [-0.4, -0.2) is 64.8 Å². The lowest BCUT2D eigenvalue weighted by Gasteiger charge is -2.42. The maximum absolute atomic E-state index is 13.1. The quantitative estimate of drug-likeness (QED) is 0.156. The molecule has 0 unspecified atom stereocenters. The first-order valence-electron chi connectivity index (χ1n) is 23.4. The molecule has 4 aliphatic rings. The van der Waals surface area contributed by atoms with Crippen molar-refractivity contribution in [3.8, 4) is 0 Å². The highest BCUT2D eigenvalue weighted by atomic mass is 32.2. The van der Waals surface area contributed by atoms with Crippen LogP contribution in [0.25, 0.3) is 43.6 Å². The summed E-state index contributed by atoms with van der Waals surface area (Å²) in [5, 5.41) is 5.31. The summed E-state index contributed by atoms with van der Waals surface area (Å²) >= 11 is 0. The van der Waals surface area contributed by atoms with Gasteiger partial charge < -0.3 is 9.13 Å². The van der Waals surface area contributed by atoms with Crippen LogP contribution in [0.5, 0.6) is 0 Å². The second-order valence-corrected chi connectivity index (χ2v) is 21.2. The van der Waals surface area contributed by atoms with Crippen molar-refractivity contribution in [2.45, 2.75) is 88.2 Å². The number of aryl methyl sites for hydroxylation is 2. The minimum absolute atomic E-state index is 0.0194. The van der Waals surface area contributed by atoms with Crippen molar-refractivity contribution < 1.29 is 13.2 Å². The van der Waals surface area contributed by atoms with Crippen molar-refractivity contribution in [2.75, 3.05) is 32.7 Å². The molecular weight excluding hydrogens is 811 g/mol. The third-order valence-electron chi connectivity index (χ3n) is 15.5. The molecular formula is C55H58N5O3S+. The van der Waals surface area contributed by atoms with E-state index in [0.717, 1.165) is 76.3 Å². The molecule has 8 nitrogen and oxygen atoms in total. The third-order valence-corrected chi connectivity index (χ3v) is 18.0. The number of nitroso groups, excluding NO2 is 1. The summed E-state index contributed by atoms with van der Waals surface area (Å²) in [4.78, 5) is 17.4. The fourth-order valence-electron chi connectivity index (χ4n) is 12.3. The molecule has 8 aromatic rings. The van der Waals surface area contributed by atoms with E-state index in [1.54, 1.807) is 0 Å². The van der Waals surface area contributed by atoms with Crippen LogP contribution in [0, 0.1) is 4.91 Å². The van der Waals surface area contributed by atoms with Crippen LogP contribution in [-0.2, 0) is 58.5 Å². The predicted octanol–water partition coefficient (Wildman–Crippen LogP) is 10.9. The summed E-state index contributed by atoms with van der Waals surface area (Å²) in [7, 11) is -3.15. The Balaban J connectivity index is 0.000000143. The van der Waals surface area contributed by atoms with E-state index in [1.165, 1.54) is 70.6 Å². The molecule has 64 heavy (non-hydrogen) atoms. The zero-order valence-corrected chi connectivity index (χ0v) is 38.0. The Kier molecular flexibility index (Phi) is 10.4. The molecule has 12 rings (SSSR count). The van der Waals surface area contributed by atoms with E-state index in [0.29, 0.717) is 25.9 Å². The largest absolute Gasteiger partial charge is 0.341 e. The lowest BCUT2D eigenvalue weighted by molar-refractivity contribution is -0.579. The van der Waals surface area contributed by atoms with Crippen molar-refractivity contribution in [1.82, 2.24) is 18.9 Å². The zero-order valence-electron chi connectivity index (χ0n) is 37.2. The van der Waals surface area contributed by atoms with Crippen molar-refractivity contribution in [2.24, 2.45) is 0 Å². The van der Waals surface area contributed by atoms with Crippen molar-refractivity contribution in [1.29, 1.82) is 0 Å². The van der Waals surface area contributed by atoms with E-state index in [2.05, 4.69) is 142 Å². The molecule has 4 aliphatic heterocycles. The Morgan fingerprint density at radius 1 is 0.531 bits per heavy atom. The number of piperidine rings is 2. The van der Waals surface area contributed by atoms with Gasteiger partial charge in [0, 0.05) is 98.1 Å². The zero-order chi connectivity index (χ0) is 43.6. The van der Waals surface area contributed by atoms with Crippen LogP contribution in [0.15, 0.2) is 133 Å². The molecule has 6 aromatic carbocycles. The third kappa shape index (κ3) is 6.81. The van der Waals surface area contributed by atoms with Gasteiger partial charge in [0.25, 0.3) is 0 Å². The molecule has 0 N–H and O–H groups in total. The van der Waals surface area contributed by atoms with E-state index in [4.69, 9.17) is 0 Å². The highest BCUT2D eigenvalue weighted by molar-refractivity contribution is 7.92. The minimum atomic E-state index is -3.15. The molecule has 2 spiro atoms. The summed E-state index contributed by atoms with van der Waals surface area (Å²) in [6, 6.07) is 47.7. The lowest BCUT2D eigenvalue weighted by Crippen LogP contribution is -2.49. The summed E-state index contributed by atoms with van der Waals surface area (Å²) in [5.41, 5.74) is 12.6. The van der Waals surface area contributed by atoms with Gasteiger partial charge >= 0.3 is 0 Å². The fraction of sp³-hybridized carbons (Fsp3) is 0.345. The molecule has 0 atom stereocenters. The van der Waals surface area contributed by atoms with Gasteiger partial charge in [-0.1, -0.05) is 97.1 Å². The van der Waals surface area contributed by atoms with Gasteiger partial charge in [-0.2, -0.15) is 0 Å². The van der Waals surface area contributed by atoms with Gasteiger partial charge in [0.1, 0.15) is 4.75 Å². The van der Waals surface area contributed by atoms with Gasteiger partial charge in [-0.15, -0.1) is 0 Å². The maximum Gasteiger partial charge on any atom is 0.217 e. The van der Waals surface area contributed by atoms with E-state index >= 15 is 0 Å². The van der Waals surface area contributed by atoms with Gasteiger partial charge in [0.05, 0.1) is 11.2 Å². The molecule has 2 fully saturated rings. The Morgan fingerprint density at radius 2 is 1.00 bits per heavy atom. The summed E-state index contributed by atoms with van der Waals surface area (Å²) in [5.74, 6) is 0.196. The number of para-hydroxylation sites is 2. The van der Waals surface area contributed by atoms with Crippen LogP contribution < -0.4 is 0 Å². The second kappa shape index (κ2) is 16.1. The first-order chi connectivity index (χ1) is 31.2. The Hall–Kier alpha value is -5.61. The average molecular weight is 869 g/mol. The number of nitrogens with zero attached hydrogens (tertiary/aromatic N) is 5. The predicted molar refractivity (Wildman–Crippen MR) is 260 cm³/mol. The number of likely N-dealkylation sites (tertiary alicyclic amines) is 2. The van der Waals surface area contributed by atoms with Crippen LogP contribution in [0.1, 0.15) is 72.9 Å². The van der Waals surface area contributed by atoms with Gasteiger partial charge in [-0.3, -0.25) is 9.80 Å². The number of hydrogen-bond donors (Lipinski definition) is 0. The standard InChI is InChI=1S/C28H30N3O.C27H28N2O2S/c1-2-31-26-10-6-4-8-23(26)24-17-21(11-12-27(24)31)18-29-15-13-28(14-16-29)20-30(32)19-22-7-3-5-9-25(22)28;1-2-29-25-10-6-4-8-22(25)23-17-20(11-12-26(23)29)18-28-15-13-27(14-16-28)24-9-5-3-7-21(24)19-32(27,30)31/h3-12,17H,2,13-16,18-20H2,1H3;3-12,17H,2,13-16,18-19H2,1H3/q+1;. The number of hydrogen-bond acceptors (Lipinski definition) is 5. The smallest absolute Gasteiger partial charge is 0.217 e. The van der Waals surface area contributed by atoms with E-state index in [-0.39, 0.29) is 11.2 Å². The molecule has 2 saturated heterocycles. The van der Waals surface area contributed by atoms with E-state index in [9.17, 15) is 13.3 Å². The highest BCUT2D eigenvalue weighted by Crippen LogP contribution is 2.49. The first kappa shape index (κ1) is 41.1. The number of fused-ring (bicyclic) bond motifs is 10. The van der Waals surface area contributed by atoms with Crippen molar-refractivity contribution in [3.05, 3.63) is 172 Å². The normalized spacial score (nSPS) is 19.1. The van der Waals surface area contributed by atoms with Crippen LogP contribution in [0.2, 0.25) is 0 Å². The number of rotatable bonds is 6. The molecule has 9 heteroatoms. The topological polar surface area (TPSA) is 70.6 Å². The number of aromatic nitrogens is 2. The summed E-state index contributed by atoms with van der Waals surface area (Å²) in [6.45, 7) is 13.0. The van der Waals surface area contributed by atoms with Gasteiger partial charge in [-0.05, 0) is 117 Å². The van der Waals surface area contributed by atoms with Gasteiger partial charge in [0.15, 0.2) is 9.84 Å². The number of sulfone groups is 1. The second-order valence-electron chi connectivity index (χ2n) is 18.9. The molecule has 0 radical (unpaired) electrons. The average Bonchev–Trinajstić information content (AvgIpc) is 3.89. The molecule has 326 valence electrons. The Labute approximate surface area is 376 Å². The van der Waals surface area contributed by atoms with E-state index < -0.39 is 14.6 Å². The van der Waals surface area contributed by atoms with Crippen LogP contribution >= 0.6 is 0 Å². The monoisotopic (exact) mass is 868 g/mol. The van der Waals surface area contributed by atoms with Crippen LogP contribution in [0.3, 0.4) is 0 Å². The van der Waals surface area contributed by atoms with Crippen molar-refractivity contribution in [3.63, 3.8) is 0 Å². The Morgan fingerprint density at radius 3 is 1.56 bits per heavy atom. The molecule has 0 amide bonds. The summed E-state index contributed by atoms with van der Waals surface area (Å²) in [6.07, 6.45) is 3.48. The molecule has 0 bridgehead atoms. The maximum atomic E-state index is 13.1.